The van der Waals surface area contributed by atoms with E-state index in [1.165, 1.54) is 24.3 Å². The standard InChI is InChI=1S/C13H9ClF3N/c14-10-5-4-9(15)6-8(10)7-18-13-11(16)2-1-3-12(13)17/h1-6,18H,7H2. The second-order valence-electron chi connectivity index (χ2n) is 3.69. The lowest BCUT2D eigenvalue weighted by Gasteiger charge is -2.10. The highest BCUT2D eigenvalue weighted by atomic mass is 35.5. The summed E-state index contributed by atoms with van der Waals surface area (Å²) in [5.41, 5.74) is 0.178. The zero-order valence-corrected chi connectivity index (χ0v) is 9.94. The third kappa shape index (κ3) is 2.76. The lowest BCUT2D eigenvalue weighted by Crippen LogP contribution is -2.04. The first-order valence-electron chi connectivity index (χ1n) is 5.20. The first-order chi connectivity index (χ1) is 8.58. The van der Waals surface area contributed by atoms with Crippen molar-refractivity contribution >= 4 is 17.3 Å². The van der Waals surface area contributed by atoms with Gasteiger partial charge >= 0.3 is 0 Å². The molecule has 2 aromatic rings. The Balaban J connectivity index is 2.19. The number of rotatable bonds is 3. The molecule has 0 bridgehead atoms. The van der Waals surface area contributed by atoms with Gasteiger partial charge in [0.05, 0.1) is 0 Å². The molecule has 0 amide bonds. The quantitative estimate of drug-likeness (QED) is 0.874. The van der Waals surface area contributed by atoms with Gasteiger partial charge in [0, 0.05) is 11.6 Å². The maximum Gasteiger partial charge on any atom is 0.149 e. The molecule has 0 atom stereocenters. The average Bonchev–Trinajstić information content (AvgIpc) is 2.33. The van der Waals surface area contributed by atoms with Gasteiger partial charge in [0.25, 0.3) is 0 Å². The van der Waals surface area contributed by atoms with Gasteiger partial charge in [0.1, 0.15) is 23.1 Å². The average molecular weight is 272 g/mol. The van der Waals surface area contributed by atoms with Crippen molar-refractivity contribution in [2.45, 2.75) is 6.54 Å². The van der Waals surface area contributed by atoms with Gasteiger partial charge in [-0.2, -0.15) is 0 Å². The predicted octanol–water partition coefficient (Wildman–Crippen LogP) is 4.37. The van der Waals surface area contributed by atoms with E-state index in [4.69, 9.17) is 11.6 Å². The highest BCUT2D eigenvalue weighted by molar-refractivity contribution is 6.31. The summed E-state index contributed by atoms with van der Waals surface area (Å²) in [5.74, 6) is -1.87. The lowest BCUT2D eigenvalue weighted by molar-refractivity contribution is 0.588. The molecule has 0 aliphatic carbocycles. The predicted molar refractivity (Wildman–Crippen MR) is 65.1 cm³/mol. The Bertz CT molecular complexity index is 552. The summed E-state index contributed by atoms with van der Waals surface area (Å²) < 4.78 is 39.6. The molecule has 1 nitrogen and oxygen atoms in total. The molecule has 0 spiro atoms. The first kappa shape index (κ1) is 12.8. The maximum absolute atomic E-state index is 13.3. The minimum absolute atomic E-state index is 0.0362. The van der Waals surface area contributed by atoms with Crippen LogP contribution in [0.1, 0.15) is 5.56 Å². The molecule has 0 unspecified atom stereocenters. The highest BCUT2D eigenvalue weighted by Crippen LogP contribution is 2.22. The Kier molecular flexibility index (Phi) is 3.77. The van der Waals surface area contributed by atoms with Crippen molar-refractivity contribution in [3.63, 3.8) is 0 Å². The Hall–Kier alpha value is -1.68. The molecule has 0 aromatic heterocycles. The molecule has 94 valence electrons. The van der Waals surface area contributed by atoms with Gasteiger partial charge in [-0.25, -0.2) is 13.2 Å². The van der Waals surface area contributed by atoms with E-state index in [1.807, 2.05) is 0 Å². The van der Waals surface area contributed by atoms with Crippen LogP contribution in [0, 0.1) is 17.5 Å². The number of hydrogen-bond donors (Lipinski definition) is 1. The van der Waals surface area contributed by atoms with Crippen LogP contribution >= 0.6 is 11.6 Å². The number of halogens is 4. The van der Waals surface area contributed by atoms with Crippen molar-refractivity contribution < 1.29 is 13.2 Å². The third-order valence-electron chi connectivity index (χ3n) is 2.43. The second kappa shape index (κ2) is 5.31. The Morgan fingerprint density at radius 2 is 1.67 bits per heavy atom. The van der Waals surface area contributed by atoms with Gasteiger partial charge in [-0.05, 0) is 35.9 Å². The summed E-state index contributed by atoms with van der Waals surface area (Å²) in [5, 5.41) is 2.90. The summed E-state index contributed by atoms with van der Waals surface area (Å²) in [6.45, 7) is 0.0362. The molecule has 18 heavy (non-hydrogen) atoms. The Morgan fingerprint density at radius 1 is 1.00 bits per heavy atom. The smallest absolute Gasteiger partial charge is 0.149 e. The number of para-hydroxylation sites is 1. The van der Waals surface area contributed by atoms with Gasteiger partial charge < -0.3 is 5.32 Å². The van der Waals surface area contributed by atoms with Gasteiger partial charge in [-0.1, -0.05) is 17.7 Å². The molecule has 0 fully saturated rings. The minimum Gasteiger partial charge on any atom is -0.376 e. The summed E-state index contributed by atoms with van der Waals surface area (Å²) >= 11 is 5.85. The van der Waals surface area contributed by atoms with E-state index >= 15 is 0 Å². The normalized spacial score (nSPS) is 10.4. The molecule has 0 aliphatic heterocycles. The molecular formula is C13H9ClF3N. The zero-order chi connectivity index (χ0) is 13.1. The van der Waals surface area contributed by atoms with E-state index in [0.29, 0.717) is 10.6 Å². The molecule has 2 rings (SSSR count). The SMILES string of the molecule is Fc1ccc(Cl)c(CNc2c(F)cccc2F)c1. The molecule has 2 aromatic carbocycles. The molecule has 0 saturated carbocycles. The fourth-order valence-electron chi connectivity index (χ4n) is 1.53. The maximum atomic E-state index is 13.3. The molecule has 0 heterocycles. The minimum atomic E-state index is -0.706. The first-order valence-corrected chi connectivity index (χ1v) is 5.57. The van der Waals surface area contributed by atoms with E-state index in [1.54, 1.807) is 0 Å². The molecule has 1 N–H and O–H groups in total. The van der Waals surface area contributed by atoms with Crippen LogP contribution in [-0.4, -0.2) is 0 Å². The summed E-state index contributed by atoms with van der Waals surface area (Å²) in [6.07, 6.45) is 0. The van der Waals surface area contributed by atoms with Crippen molar-refractivity contribution in [1.29, 1.82) is 0 Å². The molecule has 0 aliphatic rings. The summed E-state index contributed by atoms with van der Waals surface area (Å²) in [7, 11) is 0. The second-order valence-corrected chi connectivity index (χ2v) is 4.09. The topological polar surface area (TPSA) is 12.0 Å². The van der Waals surface area contributed by atoms with E-state index in [2.05, 4.69) is 5.32 Å². The van der Waals surface area contributed by atoms with Crippen LogP contribution in [0.2, 0.25) is 5.02 Å². The molecular weight excluding hydrogens is 263 g/mol. The molecule has 5 heteroatoms. The number of nitrogens with one attached hydrogen (secondary N) is 1. The Morgan fingerprint density at radius 3 is 2.33 bits per heavy atom. The number of benzene rings is 2. The van der Waals surface area contributed by atoms with Crippen LogP contribution in [0.25, 0.3) is 0 Å². The number of anilines is 1. The van der Waals surface area contributed by atoms with Crippen molar-refractivity contribution in [1.82, 2.24) is 0 Å². The monoisotopic (exact) mass is 271 g/mol. The van der Waals surface area contributed by atoms with Crippen LogP contribution in [0.4, 0.5) is 18.9 Å². The van der Waals surface area contributed by atoms with E-state index in [-0.39, 0.29) is 12.2 Å². The van der Waals surface area contributed by atoms with E-state index in [0.717, 1.165) is 12.1 Å². The van der Waals surface area contributed by atoms with Crippen LogP contribution in [0.15, 0.2) is 36.4 Å². The summed E-state index contributed by atoms with van der Waals surface area (Å²) in [4.78, 5) is 0. The van der Waals surface area contributed by atoms with Crippen molar-refractivity contribution in [2.75, 3.05) is 5.32 Å². The van der Waals surface area contributed by atoms with Crippen molar-refractivity contribution in [3.8, 4) is 0 Å². The van der Waals surface area contributed by atoms with Crippen LogP contribution in [0.3, 0.4) is 0 Å². The largest absolute Gasteiger partial charge is 0.376 e. The third-order valence-corrected chi connectivity index (χ3v) is 2.79. The summed E-state index contributed by atoms with van der Waals surface area (Å²) in [6, 6.07) is 7.37. The fourth-order valence-corrected chi connectivity index (χ4v) is 1.71. The molecule has 0 saturated heterocycles. The van der Waals surface area contributed by atoms with Crippen LogP contribution in [0.5, 0.6) is 0 Å². The van der Waals surface area contributed by atoms with Crippen LogP contribution < -0.4 is 5.32 Å². The highest BCUT2D eigenvalue weighted by Gasteiger charge is 2.09. The fraction of sp³-hybridized carbons (Fsp3) is 0.0769. The van der Waals surface area contributed by atoms with Gasteiger partial charge in [-0.15, -0.1) is 0 Å². The number of hydrogen-bond acceptors (Lipinski definition) is 1. The Labute approximate surface area is 107 Å². The van der Waals surface area contributed by atoms with E-state index < -0.39 is 17.5 Å². The van der Waals surface area contributed by atoms with Crippen molar-refractivity contribution in [2.24, 2.45) is 0 Å². The lowest BCUT2D eigenvalue weighted by atomic mass is 10.2. The van der Waals surface area contributed by atoms with Crippen molar-refractivity contribution in [3.05, 3.63) is 64.4 Å². The van der Waals surface area contributed by atoms with Gasteiger partial charge in [0.15, 0.2) is 0 Å². The van der Waals surface area contributed by atoms with Crippen LogP contribution in [-0.2, 0) is 6.54 Å². The molecule has 0 radical (unpaired) electrons. The van der Waals surface area contributed by atoms with Gasteiger partial charge in [0.2, 0.25) is 0 Å². The zero-order valence-electron chi connectivity index (χ0n) is 9.18. The van der Waals surface area contributed by atoms with Gasteiger partial charge in [-0.3, -0.25) is 0 Å². The van der Waals surface area contributed by atoms with E-state index in [9.17, 15) is 13.2 Å².